The highest BCUT2D eigenvalue weighted by Gasteiger charge is 2.15. The Morgan fingerprint density at radius 3 is 3.14 bits per heavy atom. The molecular formula is C9H4N4O. The van der Waals surface area contributed by atoms with Crippen LogP contribution < -0.4 is 0 Å². The molecule has 0 radical (unpaired) electrons. The van der Waals surface area contributed by atoms with Gasteiger partial charge in [0, 0.05) is 6.20 Å². The molecule has 5 heteroatoms. The van der Waals surface area contributed by atoms with Crippen molar-refractivity contribution < 1.29 is 4.42 Å². The molecule has 0 spiro atoms. The summed E-state index contributed by atoms with van der Waals surface area (Å²) < 4.78 is 5.29. The van der Waals surface area contributed by atoms with Gasteiger partial charge in [0.1, 0.15) is 11.0 Å². The molecule has 0 saturated carbocycles. The largest absolute Gasteiger partial charge is 0.404 e. The van der Waals surface area contributed by atoms with Crippen molar-refractivity contribution in [2.45, 2.75) is 0 Å². The van der Waals surface area contributed by atoms with Gasteiger partial charge in [-0.2, -0.15) is 4.98 Å². The van der Waals surface area contributed by atoms with Crippen molar-refractivity contribution in [3.05, 3.63) is 18.3 Å². The first-order chi connectivity index (χ1) is 6.92. The minimum atomic E-state index is 0.505. The zero-order valence-electron chi connectivity index (χ0n) is 6.98. The molecular weight excluding hydrogens is 180 g/mol. The number of nitrogens with one attached hydrogen (secondary N) is 1. The van der Waals surface area contributed by atoms with Crippen LogP contribution in [0.1, 0.15) is 0 Å². The van der Waals surface area contributed by atoms with E-state index in [-0.39, 0.29) is 0 Å². The van der Waals surface area contributed by atoms with E-state index in [4.69, 9.17) is 4.42 Å². The Bertz CT molecular complexity index is 733. The van der Waals surface area contributed by atoms with Gasteiger partial charge in [-0.05, 0) is 12.1 Å². The lowest BCUT2D eigenvalue weighted by molar-refractivity contribution is 0.631. The highest BCUT2D eigenvalue weighted by molar-refractivity contribution is 6.06. The summed E-state index contributed by atoms with van der Waals surface area (Å²) in [5.41, 5.74) is 3.92. The van der Waals surface area contributed by atoms with Gasteiger partial charge in [0.25, 0.3) is 5.71 Å². The van der Waals surface area contributed by atoms with Crippen molar-refractivity contribution in [1.82, 2.24) is 19.9 Å². The van der Waals surface area contributed by atoms with Crippen LogP contribution in [0.2, 0.25) is 0 Å². The molecule has 0 atom stereocenters. The van der Waals surface area contributed by atoms with Crippen molar-refractivity contribution in [2.75, 3.05) is 0 Å². The van der Waals surface area contributed by atoms with E-state index in [1.54, 1.807) is 6.20 Å². The smallest absolute Gasteiger partial charge is 0.301 e. The molecule has 0 amide bonds. The topological polar surface area (TPSA) is 67.6 Å². The molecule has 4 heterocycles. The maximum Gasteiger partial charge on any atom is 0.301 e. The fraction of sp³-hybridized carbons (Fsp3) is 0. The predicted molar refractivity (Wildman–Crippen MR) is 50.1 cm³/mol. The molecule has 66 valence electrons. The fourth-order valence-electron chi connectivity index (χ4n) is 1.73. The number of aromatic amines is 1. The summed E-state index contributed by atoms with van der Waals surface area (Å²) >= 11 is 0. The van der Waals surface area contributed by atoms with Gasteiger partial charge >= 0.3 is 5.84 Å². The number of rotatable bonds is 0. The predicted octanol–water partition coefficient (Wildman–Crippen LogP) is 1.69. The van der Waals surface area contributed by atoms with Crippen LogP contribution >= 0.6 is 0 Å². The van der Waals surface area contributed by atoms with Crippen LogP contribution in [0.15, 0.2) is 22.7 Å². The van der Waals surface area contributed by atoms with Gasteiger partial charge in [0.15, 0.2) is 5.52 Å². The average molecular weight is 184 g/mol. The maximum atomic E-state index is 5.29. The lowest BCUT2D eigenvalue weighted by Crippen LogP contribution is -1.86. The van der Waals surface area contributed by atoms with Gasteiger partial charge in [0.05, 0.1) is 5.52 Å². The second kappa shape index (κ2) is 1.84. The van der Waals surface area contributed by atoms with E-state index in [1.165, 1.54) is 0 Å². The van der Waals surface area contributed by atoms with Gasteiger partial charge in [-0.15, -0.1) is 0 Å². The highest BCUT2D eigenvalue weighted by Crippen LogP contribution is 2.27. The minimum absolute atomic E-state index is 0.505. The number of nitrogens with zero attached hydrogens (tertiary/aromatic N) is 3. The fourth-order valence-corrected chi connectivity index (χ4v) is 1.73. The summed E-state index contributed by atoms with van der Waals surface area (Å²) in [7, 11) is 0. The summed E-state index contributed by atoms with van der Waals surface area (Å²) in [6.07, 6.45) is 1.74. The number of hydrogen-bond acceptors (Lipinski definition) is 4. The molecule has 0 aliphatic rings. The molecule has 0 fully saturated rings. The highest BCUT2D eigenvalue weighted by atomic mass is 16.4. The Hall–Kier alpha value is -2.17. The molecule has 0 aromatic carbocycles. The number of pyridine rings is 2. The van der Waals surface area contributed by atoms with Gasteiger partial charge in [-0.1, -0.05) is 0 Å². The zero-order valence-corrected chi connectivity index (χ0v) is 6.98. The van der Waals surface area contributed by atoms with E-state index in [9.17, 15) is 0 Å². The first-order valence-corrected chi connectivity index (χ1v) is 4.24. The zero-order chi connectivity index (χ0) is 9.12. The molecule has 4 aromatic rings. The van der Waals surface area contributed by atoms with Crippen LogP contribution in [0, 0.1) is 0 Å². The van der Waals surface area contributed by atoms with Crippen LogP contribution in [-0.4, -0.2) is 19.9 Å². The Morgan fingerprint density at radius 1 is 1.21 bits per heavy atom. The van der Waals surface area contributed by atoms with Crippen molar-refractivity contribution in [1.29, 1.82) is 0 Å². The minimum Gasteiger partial charge on any atom is -0.404 e. The van der Waals surface area contributed by atoms with E-state index in [0.29, 0.717) is 11.6 Å². The molecule has 4 aromatic heterocycles. The molecule has 4 rings (SSSR count). The van der Waals surface area contributed by atoms with Crippen molar-refractivity contribution in [2.24, 2.45) is 0 Å². The third kappa shape index (κ3) is 0.565. The molecule has 0 saturated heterocycles. The Kier molecular flexibility index (Phi) is 0.830. The molecule has 0 unspecified atom stereocenters. The lowest BCUT2D eigenvalue weighted by atomic mass is 10.3. The number of H-pyrrole nitrogens is 1. The number of oxazole rings is 1. The molecule has 14 heavy (non-hydrogen) atoms. The van der Waals surface area contributed by atoms with Crippen LogP contribution in [0.25, 0.3) is 33.6 Å². The Balaban J connectivity index is 2.48. The summed E-state index contributed by atoms with van der Waals surface area (Å²) in [6, 6.07) is 3.75. The second-order valence-corrected chi connectivity index (χ2v) is 3.16. The van der Waals surface area contributed by atoms with Crippen LogP contribution in [-0.2, 0) is 0 Å². The van der Waals surface area contributed by atoms with E-state index < -0.39 is 0 Å². The number of fused-ring (bicyclic) bond motifs is 3. The maximum absolute atomic E-state index is 5.29. The van der Waals surface area contributed by atoms with E-state index in [2.05, 4.69) is 19.9 Å². The van der Waals surface area contributed by atoms with Gasteiger partial charge in [-0.3, -0.25) is 4.98 Å². The SMILES string of the molecule is c1cnc2c(c1)nc1oc3nc1c2[nH]3. The summed E-state index contributed by atoms with van der Waals surface area (Å²) in [5.74, 6) is 0.505. The summed E-state index contributed by atoms with van der Waals surface area (Å²) in [5, 5.41) is 0. The third-order valence-electron chi connectivity index (χ3n) is 2.32. The Labute approximate surface area is 77.1 Å². The number of aromatic nitrogens is 4. The number of hydrogen-bond donors (Lipinski definition) is 1. The second-order valence-electron chi connectivity index (χ2n) is 3.16. The Morgan fingerprint density at radius 2 is 2.21 bits per heavy atom. The molecule has 1 N–H and O–H groups in total. The van der Waals surface area contributed by atoms with Gasteiger partial charge < -0.3 is 9.40 Å². The molecule has 0 aliphatic carbocycles. The third-order valence-corrected chi connectivity index (χ3v) is 2.32. The van der Waals surface area contributed by atoms with Gasteiger partial charge in [0.2, 0.25) is 0 Å². The summed E-state index contributed by atoms with van der Waals surface area (Å²) in [6.45, 7) is 0. The molecule has 5 nitrogen and oxygen atoms in total. The summed E-state index contributed by atoms with van der Waals surface area (Å²) in [4.78, 5) is 15.8. The van der Waals surface area contributed by atoms with E-state index in [1.807, 2.05) is 12.1 Å². The number of imidazole rings is 1. The van der Waals surface area contributed by atoms with Crippen molar-refractivity contribution in [3.8, 4) is 0 Å². The van der Waals surface area contributed by atoms with Crippen LogP contribution in [0.3, 0.4) is 0 Å². The molecule has 2 bridgehead atoms. The average Bonchev–Trinajstić information content (AvgIpc) is 2.76. The van der Waals surface area contributed by atoms with E-state index >= 15 is 0 Å². The monoisotopic (exact) mass is 184 g/mol. The van der Waals surface area contributed by atoms with Crippen LogP contribution in [0.5, 0.6) is 0 Å². The van der Waals surface area contributed by atoms with Crippen LogP contribution in [0.4, 0.5) is 0 Å². The van der Waals surface area contributed by atoms with Crippen molar-refractivity contribution >= 4 is 33.6 Å². The quantitative estimate of drug-likeness (QED) is 0.451. The van der Waals surface area contributed by atoms with E-state index in [0.717, 1.165) is 22.1 Å². The normalized spacial score (nSPS) is 12.3. The first-order valence-electron chi connectivity index (χ1n) is 4.24. The van der Waals surface area contributed by atoms with Gasteiger partial charge in [-0.25, -0.2) is 4.98 Å². The lowest BCUT2D eigenvalue weighted by Gasteiger charge is -1.97. The first kappa shape index (κ1) is 6.31. The standard InChI is InChI=1S/C9H4N4O/c1-2-4-5(10-3-1)6-7-8(11-4)14-9(12-6)13-7/h1-3H,(H,12,13). The molecule has 0 aliphatic heterocycles. The van der Waals surface area contributed by atoms with Crippen molar-refractivity contribution in [3.63, 3.8) is 0 Å².